The number of carbonyl (C=O) groups is 1. The molecule has 0 unspecified atom stereocenters. The first-order chi connectivity index (χ1) is 14.6. The molecule has 31 heavy (non-hydrogen) atoms. The zero-order valence-corrected chi connectivity index (χ0v) is 17.5. The molecule has 0 radical (unpaired) electrons. The van der Waals surface area contributed by atoms with Gasteiger partial charge in [-0.3, -0.25) is 0 Å². The summed E-state index contributed by atoms with van der Waals surface area (Å²) in [5.74, 6) is -6.06. The summed E-state index contributed by atoms with van der Waals surface area (Å²) in [6.07, 6.45) is -4.32. The first-order valence-electron chi connectivity index (χ1n) is 9.89. The molecule has 0 heterocycles. The number of hydrogen-bond acceptors (Lipinski definition) is 6. The van der Waals surface area contributed by atoms with E-state index in [1.807, 2.05) is 0 Å². The number of halogens is 2. The van der Waals surface area contributed by atoms with E-state index in [0.717, 1.165) is 0 Å². The lowest BCUT2D eigenvalue weighted by atomic mass is 10.0. The molecule has 0 spiro atoms. The van der Waals surface area contributed by atoms with Crippen LogP contribution < -0.4 is 0 Å². The molecule has 0 amide bonds. The summed E-state index contributed by atoms with van der Waals surface area (Å²) in [5, 5.41) is 19.7. The van der Waals surface area contributed by atoms with Gasteiger partial charge in [-0.1, -0.05) is 48.5 Å². The van der Waals surface area contributed by atoms with Crippen molar-refractivity contribution in [2.45, 2.75) is 50.8 Å². The van der Waals surface area contributed by atoms with E-state index in [2.05, 4.69) is 0 Å². The van der Waals surface area contributed by atoms with Gasteiger partial charge < -0.3 is 24.4 Å². The van der Waals surface area contributed by atoms with Crippen molar-refractivity contribution in [3.05, 3.63) is 71.8 Å². The van der Waals surface area contributed by atoms with Crippen molar-refractivity contribution >= 4 is 5.97 Å². The minimum Gasteiger partial charge on any atom is -0.459 e. The number of benzene rings is 2. The lowest BCUT2D eigenvalue weighted by Crippen LogP contribution is -2.49. The third-order valence-electron chi connectivity index (χ3n) is 4.38. The monoisotopic (exact) mass is 438 g/mol. The van der Waals surface area contributed by atoms with Crippen LogP contribution in [0.4, 0.5) is 8.78 Å². The molecule has 170 valence electrons. The van der Waals surface area contributed by atoms with Crippen molar-refractivity contribution < 1.29 is 38.0 Å². The Balaban J connectivity index is 2.02. The number of hydrogen-bond donors (Lipinski definition) is 2. The molecule has 0 aliphatic heterocycles. The van der Waals surface area contributed by atoms with Gasteiger partial charge in [0.05, 0.1) is 18.8 Å². The molecule has 2 atom stereocenters. The Labute approximate surface area is 180 Å². The molecular weight excluding hydrogens is 410 g/mol. The Morgan fingerprint density at radius 3 is 2.19 bits per heavy atom. The summed E-state index contributed by atoms with van der Waals surface area (Å²) >= 11 is 0. The number of ether oxygens (including phenoxy) is 3. The first-order valence-corrected chi connectivity index (χ1v) is 9.89. The highest BCUT2D eigenvalue weighted by atomic mass is 19.3. The fraction of sp³-hybridized carbons (Fsp3) is 0.435. The van der Waals surface area contributed by atoms with E-state index in [9.17, 15) is 23.8 Å². The molecule has 0 saturated heterocycles. The number of rotatable bonds is 12. The number of esters is 1. The molecule has 0 saturated carbocycles. The van der Waals surface area contributed by atoms with Gasteiger partial charge in [-0.05, 0) is 31.5 Å². The van der Waals surface area contributed by atoms with Crippen LogP contribution in [0.1, 0.15) is 36.2 Å². The van der Waals surface area contributed by atoms with Crippen LogP contribution in [0.2, 0.25) is 0 Å². The van der Waals surface area contributed by atoms with Crippen molar-refractivity contribution in [1.82, 2.24) is 0 Å². The minimum absolute atomic E-state index is 0.111. The number of carbonyl (C=O) groups excluding carboxylic acids is 1. The maximum Gasteiger partial charge on any atom is 0.338 e. The predicted molar refractivity (Wildman–Crippen MR) is 110 cm³/mol. The number of alkyl halides is 2. The second kappa shape index (κ2) is 11.3. The van der Waals surface area contributed by atoms with Gasteiger partial charge in [0, 0.05) is 6.42 Å². The van der Waals surface area contributed by atoms with Gasteiger partial charge in [0.25, 0.3) is 0 Å². The quantitative estimate of drug-likeness (QED) is 0.389. The first kappa shape index (κ1) is 24.9. The molecule has 2 rings (SSSR count). The van der Waals surface area contributed by atoms with Crippen molar-refractivity contribution in [2.75, 3.05) is 13.2 Å². The van der Waals surface area contributed by atoms with Gasteiger partial charge in [0.1, 0.15) is 12.7 Å². The fourth-order valence-electron chi connectivity index (χ4n) is 2.71. The lowest BCUT2D eigenvalue weighted by molar-refractivity contribution is -0.222. The van der Waals surface area contributed by atoms with Crippen molar-refractivity contribution in [3.63, 3.8) is 0 Å². The average Bonchev–Trinajstić information content (AvgIpc) is 2.74. The molecule has 0 fully saturated rings. The van der Waals surface area contributed by atoms with Crippen molar-refractivity contribution in [1.29, 1.82) is 0 Å². The highest BCUT2D eigenvalue weighted by Gasteiger charge is 2.48. The smallest absolute Gasteiger partial charge is 0.338 e. The van der Waals surface area contributed by atoms with E-state index in [1.54, 1.807) is 48.5 Å². The number of aliphatic hydroxyl groups excluding tert-OH is 1. The summed E-state index contributed by atoms with van der Waals surface area (Å²) in [6.45, 7) is 1.51. The molecule has 0 aliphatic rings. The highest BCUT2D eigenvalue weighted by Crippen LogP contribution is 2.30. The van der Waals surface area contributed by atoms with Crippen LogP contribution in [-0.4, -0.2) is 53.3 Å². The Bertz CT molecular complexity index is 793. The van der Waals surface area contributed by atoms with E-state index >= 15 is 0 Å². The Morgan fingerprint density at radius 2 is 1.61 bits per heavy atom. The third kappa shape index (κ3) is 8.34. The van der Waals surface area contributed by atoms with Crippen molar-refractivity contribution in [3.8, 4) is 0 Å². The fourth-order valence-corrected chi connectivity index (χ4v) is 2.71. The van der Waals surface area contributed by atoms with Crippen LogP contribution in [0.25, 0.3) is 0 Å². The van der Waals surface area contributed by atoms with Gasteiger partial charge in [-0.2, -0.15) is 0 Å². The molecule has 0 aromatic heterocycles. The standard InChI is InChI=1S/C23H28F2O6/c1-22(2,28)31-14-13-20(29-15-17-9-5-3-6-10-17)23(24,25)19(26)16-30-21(27)18-11-7-4-8-12-18/h3-12,19-20,26,28H,13-16H2,1-2H3/t19-,20+/m1/s1. The average molecular weight is 438 g/mol. The maximum atomic E-state index is 15.0. The Kier molecular flexibility index (Phi) is 9.06. The molecular formula is C23H28F2O6. The van der Waals surface area contributed by atoms with E-state index < -0.39 is 36.5 Å². The summed E-state index contributed by atoms with van der Waals surface area (Å²) < 4.78 is 45.3. The van der Waals surface area contributed by atoms with Crippen LogP contribution in [0.5, 0.6) is 0 Å². The Morgan fingerprint density at radius 1 is 1.03 bits per heavy atom. The van der Waals surface area contributed by atoms with Gasteiger partial charge >= 0.3 is 11.9 Å². The SMILES string of the molecule is CC(C)(O)OCC[C@H](OCc1ccccc1)C(F)(F)[C@H](O)COC(=O)c1ccccc1. The summed E-state index contributed by atoms with van der Waals surface area (Å²) in [4.78, 5) is 12.0. The zero-order valence-electron chi connectivity index (χ0n) is 17.5. The van der Waals surface area contributed by atoms with Gasteiger partial charge in [0.2, 0.25) is 0 Å². The topological polar surface area (TPSA) is 85.2 Å². The second-order valence-electron chi connectivity index (χ2n) is 7.52. The van der Waals surface area contributed by atoms with Gasteiger partial charge in [-0.15, -0.1) is 0 Å². The summed E-state index contributed by atoms with van der Waals surface area (Å²) in [6, 6.07) is 16.6. The predicted octanol–water partition coefficient (Wildman–Crippen LogP) is 3.56. The molecule has 0 aliphatic carbocycles. The van der Waals surface area contributed by atoms with Crippen LogP contribution in [0.3, 0.4) is 0 Å². The molecule has 6 nitrogen and oxygen atoms in total. The highest BCUT2D eigenvalue weighted by molar-refractivity contribution is 5.89. The van der Waals surface area contributed by atoms with Crippen LogP contribution in [0, 0.1) is 0 Å². The maximum absolute atomic E-state index is 15.0. The minimum atomic E-state index is -3.74. The normalized spacial score (nSPS) is 14.1. The molecule has 2 N–H and O–H groups in total. The van der Waals surface area contributed by atoms with Gasteiger partial charge in [-0.25, -0.2) is 13.6 Å². The van der Waals surface area contributed by atoms with Crippen molar-refractivity contribution in [2.24, 2.45) is 0 Å². The van der Waals surface area contributed by atoms with Crippen LogP contribution in [0.15, 0.2) is 60.7 Å². The van der Waals surface area contributed by atoms with E-state index in [0.29, 0.717) is 5.56 Å². The molecule has 8 heteroatoms. The zero-order chi connectivity index (χ0) is 22.9. The molecule has 2 aromatic rings. The third-order valence-corrected chi connectivity index (χ3v) is 4.38. The second-order valence-corrected chi connectivity index (χ2v) is 7.52. The largest absolute Gasteiger partial charge is 0.459 e. The van der Waals surface area contributed by atoms with E-state index in [-0.39, 0.29) is 25.2 Å². The van der Waals surface area contributed by atoms with E-state index in [4.69, 9.17) is 14.2 Å². The molecule has 0 bridgehead atoms. The summed E-state index contributed by atoms with van der Waals surface area (Å²) in [5.41, 5.74) is 0.866. The lowest BCUT2D eigenvalue weighted by Gasteiger charge is -2.31. The van der Waals surface area contributed by atoms with Crippen LogP contribution in [-0.2, 0) is 20.8 Å². The summed E-state index contributed by atoms with van der Waals surface area (Å²) in [7, 11) is 0. The van der Waals surface area contributed by atoms with E-state index in [1.165, 1.54) is 26.0 Å². The van der Waals surface area contributed by atoms with Gasteiger partial charge in [0.15, 0.2) is 11.9 Å². The Hall–Kier alpha value is -2.39. The molecule has 2 aromatic carbocycles. The number of aliphatic hydroxyl groups is 2. The van der Waals surface area contributed by atoms with Crippen LogP contribution >= 0.6 is 0 Å².